The molecule has 136 valence electrons. The van der Waals surface area contributed by atoms with Crippen LogP contribution in [0.4, 0.5) is 0 Å². The first kappa shape index (κ1) is 19.3. The summed E-state index contributed by atoms with van der Waals surface area (Å²) < 4.78 is 11.0. The highest BCUT2D eigenvalue weighted by Gasteiger charge is 2.13. The van der Waals surface area contributed by atoms with Crippen molar-refractivity contribution in [2.24, 2.45) is 0 Å². The summed E-state index contributed by atoms with van der Waals surface area (Å²) in [5.41, 5.74) is 1.76. The lowest BCUT2D eigenvalue weighted by atomic mass is 9.87. The normalized spacial score (nSPS) is 10.7. The van der Waals surface area contributed by atoms with Gasteiger partial charge in [-0.3, -0.25) is 4.79 Å². The largest absolute Gasteiger partial charge is 0.492 e. The standard InChI is InChI=1S/C21H24N2O3/c1-21(2,3)17-8-10-18(11-9-17)25-13-12-23-20(24)15-26-19-7-5-4-6-16(19)14-22/h4-11H,12-13,15H2,1-3H3,(H,23,24). The molecule has 0 unspecified atom stereocenters. The van der Waals surface area contributed by atoms with Gasteiger partial charge in [-0.15, -0.1) is 0 Å². The molecule has 5 nitrogen and oxygen atoms in total. The minimum absolute atomic E-state index is 0.108. The van der Waals surface area contributed by atoms with Gasteiger partial charge in [0.05, 0.1) is 12.1 Å². The molecule has 0 saturated heterocycles. The Labute approximate surface area is 154 Å². The van der Waals surface area contributed by atoms with Crippen molar-refractivity contribution in [2.45, 2.75) is 26.2 Å². The maximum atomic E-state index is 11.8. The van der Waals surface area contributed by atoms with E-state index in [1.54, 1.807) is 24.3 Å². The fourth-order valence-corrected chi connectivity index (χ4v) is 2.29. The number of para-hydroxylation sites is 1. The molecule has 0 spiro atoms. The minimum atomic E-state index is -0.260. The predicted molar refractivity (Wildman–Crippen MR) is 100 cm³/mol. The molecule has 0 aliphatic carbocycles. The summed E-state index contributed by atoms with van der Waals surface area (Å²) in [4.78, 5) is 11.8. The number of nitrogens with zero attached hydrogens (tertiary/aromatic N) is 1. The van der Waals surface area contributed by atoms with Gasteiger partial charge in [0, 0.05) is 0 Å². The van der Waals surface area contributed by atoms with Crippen molar-refractivity contribution in [3.63, 3.8) is 0 Å². The Morgan fingerprint density at radius 1 is 1.08 bits per heavy atom. The van der Waals surface area contributed by atoms with Gasteiger partial charge in [0.1, 0.15) is 24.2 Å². The fraction of sp³-hybridized carbons (Fsp3) is 0.333. The first-order valence-electron chi connectivity index (χ1n) is 8.52. The quantitative estimate of drug-likeness (QED) is 0.775. The first-order chi connectivity index (χ1) is 12.4. The van der Waals surface area contributed by atoms with Crippen molar-refractivity contribution in [3.8, 4) is 17.6 Å². The maximum absolute atomic E-state index is 11.8. The smallest absolute Gasteiger partial charge is 0.258 e. The van der Waals surface area contributed by atoms with Crippen LogP contribution in [0.15, 0.2) is 48.5 Å². The number of rotatable bonds is 7. The zero-order valence-electron chi connectivity index (χ0n) is 15.4. The highest BCUT2D eigenvalue weighted by Crippen LogP contribution is 2.24. The molecule has 1 N–H and O–H groups in total. The summed E-state index contributed by atoms with van der Waals surface area (Å²) >= 11 is 0. The summed E-state index contributed by atoms with van der Waals surface area (Å²) in [6.45, 7) is 7.10. The molecule has 2 aromatic carbocycles. The van der Waals surface area contributed by atoms with Gasteiger partial charge in [-0.2, -0.15) is 5.26 Å². The number of hydrogen-bond acceptors (Lipinski definition) is 4. The number of carbonyl (C=O) groups excluding carboxylic acids is 1. The van der Waals surface area contributed by atoms with Gasteiger partial charge in [-0.1, -0.05) is 45.0 Å². The Bertz CT molecular complexity index is 771. The average molecular weight is 352 g/mol. The molecule has 0 atom stereocenters. The first-order valence-corrected chi connectivity index (χ1v) is 8.52. The Balaban J connectivity index is 1.69. The molecule has 0 aromatic heterocycles. The molecule has 0 aliphatic heterocycles. The fourth-order valence-electron chi connectivity index (χ4n) is 2.29. The van der Waals surface area contributed by atoms with Crippen LogP contribution in [-0.4, -0.2) is 25.7 Å². The molecule has 0 saturated carbocycles. The van der Waals surface area contributed by atoms with Crippen LogP contribution >= 0.6 is 0 Å². The molecular weight excluding hydrogens is 328 g/mol. The lowest BCUT2D eigenvalue weighted by molar-refractivity contribution is -0.123. The van der Waals surface area contributed by atoms with Crippen LogP contribution in [0.2, 0.25) is 0 Å². The van der Waals surface area contributed by atoms with E-state index in [2.05, 4.69) is 26.1 Å². The molecule has 0 bridgehead atoms. The van der Waals surface area contributed by atoms with Crippen molar-refractivity contribution in [1.29, 1.82) is 5.26 Å². The molecule has 0 radical (unpaired) electrons. The second-order valence-electron chi connectivity index (χ2n) is 6.87. The topological polar surface area (TPSA) is 71.3 Å². The minimum Gasteiger partial charge on any atom is -0.492 e. The molecule has 0 fully saturated rings. The molecule has 5 heteroatoms. The third-order valence-corrected chi connectivity index (χ3v) is 3.78. The van der Waals surface area contributed by atoms with Crippen molar-refractivity contribution in [2.75, 3.05) is 19.8 Å². The van der Waals surface area contributed by atoms with E-state index in [-0.39, 0.29) is 17.9 Å². The Morgan fingerprint density at radius 2 is 1.77 bits per heavy atom. The number of amides is 1. The number of carbonyl (C=O) groups is 1. The van der Waals surface area contributed by atoms with E-state index >= 15 is 0 Å². The van der Waals surface area contributed by atoms with Gasteiger partial charge in [0.15, 0.2) is 6.61 Å². The van der Waals surface area contributed by atoms with Gasteiger partial charge in [-0.25, -0.2) is 0 Å². The van der Waals surface area contributed by atoms with E-state index in [9.17, 15) is 4.79 Å². The zero-order valence-corrected chi connectivity index (χ0v) is 15.4. The summed E-state index contributed by atoms with van der Waals surface area (Å²) in [5.74, 6) is 0.913. The maximum Gasteiger partial charge on any atom is 0.258 e. The van der Waals surface area contributed by atoms with E-state index < -0.39 is 0 Å². The van der Waals surface area contributed by atoms with Crippen LogP contribution in [0.3, 0.4) is 0 Å². The second kappa shape index (κ2) is 8.91. The lowest BCUT2D eigenvalue weighted by Gasteiger charge is -2.19. The molecule has 0 heterocycles. The molecule has 26 heavy (non-hydrogen) atoms. The molecule has 2 rings (SSSR count). The van der Waals surface area contributed by atoms with Crippen molar-refractivity contribution < 1.29 is 14.3 Å². The number of nitrogens with one attached hydrogen (secondary N) is 1. The van der Waals surface area contributed by atoms with Crippen LogP contribution in [0.25, 0.3) is 0 Å². The summed E-state index contributed by atoms with van der Waals surface area (Å²) in [5, 5.41) is 11.7. The number of ether oxygens (including phenoxy) is 2. The summed E-state index contributed by atoms with van der Waals surface area (Å²) in [7, 11) is 0. The van der Waals surface area contributed by atoms with E-state index in [0.717, 1.165) is 5.75 Å². The predicted octanol–water partition coefficient (Wildman–Crippen LogP) is 3.43. The highest BCUT2D eigenvalue weighted by atomic mass is 16.5. The third-order valence-electron chi connectivity index (χ3n) is 3.78. The van der Waals surface area contributed by atoms with Gasteiger partial charge in [0.25, 0.3) is 5.91 Å². The van der Waals surface area contributed by atoms with E-state index in [1.165, 1.54) is 5.56 Å². The van der Waals surface area contributed by atoms with Crippen LogP contribution in [0, 0.1) is 11.3 Å². The Morgan fingerprint density at radius 3 is 2.42 bits per heavy atom. The van der Waals surface area contributed by atoms with Crippen molar-refractivity contribution in [3.05, 3.63) is 59.7 Å². The number of hydrogen-bond donors (Lipinski definition) is 1. The molecular formula is C21H24N2O3. The zero-order chi connectivity index (χ0) is 19.0. The monoisotopic (exact) mass is 352 g/mol. The van der Waals surface area contributed by atoms with Gasteiger partial charge < -0.3 is 14.8 Å². The number of nitriles is 1. The summed E-state index contributed by atoms with van der Waals surface area (Å²) in [6.07, 6.45) is 0. The Kier molecular flexibility index (Phi) is 6.62. The second-order valence-corrected chi connectivity index (χ2v) is 6.87. The molecule has 1 amide bonds. The van der Waals surface area contributed by atoms with E-state index in [1.807, 2.05) is 30.3 Å². The number of benzene rings is 2. The van der Waals surface area contributed by atoms with Crippen LogP contribution < -0.4 is 14.8 Å². The Hall–Kier alpha value is -3.00. The molecule has 0 aliphatic rings. The van der Waals surface area contributed by atoms with Gasteiger partial charge in [0.2, 0.25) is 0 Å². The SMILES string of the molecule is CC(C)(C)c1ccc(OCCNC(=O)COc2ccccc2C#N)cc1. The van der Waals surface area contributed by atoms with Crippen molar-refractivity contribution >= 4 is 5.91 Å². The van der Waals surface area contributed by atoms with Crippen LogP contribution in [0.5, 0.6) is 11.5 Å². The lowest BCUT2D eigenvalue weighted by Crippen LogP contribution is -2.32. The average Bonchev–Trinajstić information content (AvgIpc) is 2.63. The summed E-state index contributed by atoms with van der Waals surface area (Å²) in [6, 6.07) is 16.8. The highest BCUT2D eigenvalue weighted by molar-refractivity contribution is 5.77. The van der Waals surface area contributed by atoms with Crippen LogP contribution in [-0.2, 0) is 10.2 Å². The van der Waals surface area contributed by atoms with Gasteiger partial charge >= 0.3 is 0 Å². The van der Waals surface area contributed by atoms with E-state index in [0.29, 0.717) is 24.5 Å². The van der Waals surface area contributed by atoms with E-state index in [4.69, 9.17) is 14.7 Å². The van der Waals surface area contributed by atoms with Crippen molar-refractivity contribution in [1.82, 2.24) is 5.32 Å². The van der Waals surface area contributed by atoms with Crippen LogP contribution in [0.1, 0.15) is 31.9 Å². The molecule has 2 aromatic rings. The third kappa shape index (κ3) is 5.82. The van der Waals surface area contributed by atoms with Gasteiger partial charge in [-0.05, 0) is 35.2 Å².